The van der Waals surface area contributed by atoms with Gasteiger partial charge in [0.05, 0.1) is 17.6 Å². The van der Waals surface area contributed by atoms with Crippen molar-refractivity contribution in [2.45, 2.75) is 12.8 Å². The minimum atomic E-state index is -0.176. The van der Waals surface area contributed by atoms with E-state index in [0.29, 0.717) is 49.0 Å². The smallest absolute Gasteiger partial charge is 0.265 e. The molecule has 2 heterocycles. The number of unbranched alkanes of at least 4 members (excludes halogenated alkanes) is 1. The van der Waals surface area contributed by atoms with Gasteiger partial charge >= 0.3 is 0 Å². The zero-order chi connectivity index (χ0) is 20.8. The maximum Gasteiger partial charge on any atom is 0.265 e. The summed E-state index contributed by atoms with van der Waals surface area (Å²) in [6.45, 7) is 1.56. The molecular formula is C23H20N2O4S. The number of nitrogens with one attached hydrogen (secondary N) is 1. The molecule has 0 fully saturated rings. The van der Waals surface area contributed by atoms with Crippen molar-refractivity contribution in [3.63, 3.8) is 0 Å². The Labute approximate surface area is 178 Å². The van der Waals surface area contributed by atoms with Crippen molar-refractivity contribution in [1.82, 2.24) is 0 Å². The largest absolute Gasteiger partial charge is 0.493 e. The number of ether oxygens (including phenoxy) is 3. The van der Waals surface area contributed by atoms with Gasteiger partial charge in [-0.25, -0.2) is 0 Å². The lowest BCUT2D eigenvalue weighted by molar-refractivity contribution is 0.103. The van der Waals surface area contributed by atoms with E-state index < -0.39 is 0 Å². The molecule has 152 valence electrons. The van der Waals surface area contributed by atoms with Gasteiger partial charge in [-0.05, 0) is 54.4 Å². The van der Waals surface area contributed by atoms with Crippen LogP contribution < -0.4 is 19.5 Å². The SMILES string of the molecule is N#CCCCOc1cccc(NC(=O)c2ccc(-c3ccc4c(c3)OCCO4)s2)c1. The molecule has 0 atom stereocenters. The van der Waals surface area contributed by atoms with Crippen molar-refractivity contribution in [2.75, 3.05) is 25.1 Å². The second-order valence-corrected chi connectivity index (χ2v) is 7.70. The Morgan fingerprint density at radius 3 is 2.83 bits per heavy atom. The van der Waals surface area contributed by atoms with Crippen LogP contribution in [0.2, 0.25) is 0 Å². The first kappa shape index (κ1) is 19.8. The van der Waals surface area contributed by atoms with E-state index in [1.807, 2.05) is 48.5 Å². The monoisotopic (exact) mass is 420 g/mol. The number of amides is 1. The zero-order valence-corrected chi connectivity index (χ0v) is 17.0. The molecule has 0 spiro atoms. The Morgan fingerprint density at radius 2 is 1.97 bits per heavy atom. The van der Waals surface area contributed by atoms with Crippen molar-refractivity contribution in [3.05, 3.63) is 59.5 Å². The second kappa shape index (κ2) is 9.33. The minimum absolute atomic E-state index is 0.176. The summed E-state index contributed by atoms with van der Waals surface area (Å²) in [6.07, 6.45) is 1.13. The highest BCUT2D eigenvalue weighted by atomic mass is 32.1. The lowest BCUT2D eigenvalue weighted by atomic mass is 10.1. The van der Waals surface area contributed by atoms with E-state index in [-0.39, 0.29) is 5.91 Å². The molecule has 2 aromatic carbocycles. The van der Waals surface area contributed by atoms with Gasteiger partial charge in [0, 0.05) is 23.1 Å². The van der Waals surface area contributed by atoms with Crippen molar-refractivity contribution in [1.29, 1.82) is 5.26 Å². The molecule has 1 aliphatic heterocycles. The fraction of sp³-hybridized carbons (Fsp3) is 0.217. The van der Waals surface area contributed by atoms with Gasteiger partial charge in [0.25, 0.3) is 5.91 Å². The topological polar surface area (TPSA) is 80.6 Å². The summed E-state index contributed by atoms with van der Waals surface area (Å²) >= 11 is 1.42. The van der Waals surface area contributed by atoms with E-state index >= 15 is 0 Å². The quantitative estimate of drug-likeness (QED) is 0.537. The van der Waals surface area contributed by atoms with Crippen LogP contribution in [0.5, 0.6) is 17.2 Å². The third-order valence-electron chi connectivity index (χ3n) is 4.45. The molecule has 0 unspecified atom stereocenters. The predicted molar refractivity (Wildman–Crippen MR) is 115 cm³/mol. The van der Waals surface area contributed by atoms with Crippen LogP contribution in [0, 0.1) is 11.3 Å². The van der Waals surface area contributed by atoms with Crippen molar-refractivity contribution < 1.29 is 19.0 Å². The predicted octanol–water partition coefficient (Wildman–Crippen LogP) is 5.12. The standard InChI is InChI=1S/C23H20N2O4S/c24-10-1-2-11-27-18-5-3-4-17(15-18)25-23(26)22-9-8-21(30-22)16-6-7-19-20(14-16)29-13-12-28-19/h3-9,14-15H,1-2,11-13H2,(H,25,26). The van der Waals surface area contributed by atoms with E-state index in [9.17, 15) is 4.79 Å². The molecule has 0 radical (unpaired) electrons. The number of hydrogen-bond acceptors (Lipinski definition) is 6. The van der Waals surface area contributed by atoms with Gasteiger partial charge < -0.3 is 19.5 Å². The van der Waals surface area contributed by atoms with Crippen LogP contribution in [-0.2, 0) is 0 Å². The molecular weight excluding hydrogens is 400 g/mol. The van der Waals surface area contributed by atoms with Crippen LogP contribution >= 0.6 is 11.3 Å². The summed E-state index contributed by atoms with van der Waals surface area (Å²) in [6, 6.07) is 18.9. The highest BCUT2D eigenvalue weighted by molar-refractivity contribution is 7.17. The van der Waals surface area contributed by atoms with E-state index in [0.717, 1.165) is 21.9 Å². The van der Waals surface area contributed by atoms with Gasteiger partial charge in [-0.1, -0.05) is 6.07 Å². The third kappa shape index (κ3) is 4.73. The average Bonchev–Trinajstić information content (AvgIpc) is 3.27. The number of nitriles is 1. The number of hydrogen-bond donors (Lipinski definition) is 1. The Hall–Kier alpha value is -3.50. The molecule has 7 heteroatoms. The van der Waals surface area contributed by atoms with Crippen LogP contribution in [0.25, 0.3) is 10.4 Å². The molecule has 1 aliphatic rings. The Morgan fingerprint density at radius 1 is 1.10 bits per heavy atom. The van der Waals surface area contributed by atoms with E-state index in [1.54, 1.807) is 6.07 Å². The maximum atomic E-state index is 12.7. The van der Waals surface area contributed by atoms with E-state index in [2.05, 4.69) is 11.4 Å². The van der Waals surface area contributed by atoms with Crippen LogP contribution in [0.4, 0.5) is 5.69 Å². The van der Waals surface area contributed by atoms with Gasteiger partial charge in [0.1, 0.15) is 19.0 Å². The molecule has 0 saturated heterocycles. The van der Waals surface area contributed by atoms with Crippen LogP contribution in [0.15, 0.2) is 54.6 Å². The number of benzene rings is 2. The van der Waals surface area contributed by atoms with Gasteiger partial charge in [-0.15, -0.1) is 11.3 Å². The lowest BCUT2D eigenvalue weighted by Crippen LogP contribution is -2.15. The fourth-order valence-electron chi connectivity index (χ4n) is 3.01. The molecule has 4 rings (SSSR count). The molecule has 1 aromatic heterocycles. The second-order valence-electron chi connectivity index (χ2n) is 6.61. The minimum Gasteiger partial charge on any atom is -0.493 e. The summed E-state index contributed by atoms with van der Waals surface area (Å²) in [5.41, 5.74) is 1.64. The zero-order valence-electron chi connectivity index (χ0n) is 16.2. The van der Waals surface area contributed by atoms with Crippen molar-refractivity contribution in [3.8, 4) is 33.8 Å². The number of rotatable bonds is 7. The summed E-state index contributed by atoms with van der Waals surface area (Å²) in [5.74, 6) is 1.96. The summed E-state index contributed by atoms with van der Waals surface area (Å²) in [7, 11) is 0. The normalized spacial score (nSPS) is 12.1. The fourth-order valence-corrected chi connectivity index (χ4v) is 3.91. The number of fused-ring (bicyclic) bond motifs is 1. The average molecular weight is 420 g/mol. The van der Waals surface area contributed by atoms with Crippen LogP contribution in [0.1, 0.15) is 22.5 Å². The molecule has 3 aromatic rings. The number of carbonyl (C=O) groups is 1. The first-order valence-electron chi connectivity index (χ1n) is 9.64. The maximum absolute atomic E-state index is 12.7. The van der Waals surface area contributed by atoms with Gasteiger partial charge in [0.15, 0.2) is 11.5 Å². The third-order valence-corrected chi connectivity index (χ3v) is 5.58. The Bertz CT molecular complexity index is 1090. The number of nitrogens with zero attached hydrogens (tertiary/aromatic N) is 1. The molecule has 1 N–H and O–H groups in total. The first-order chi connectivity index (χ1) is 14.7. The molecule has 0 bridgehead atoms. The van der Waals surface area contributed by atoms with Crippen LogP contribution in [-0.4, -0.2) is 25.7 Å². The van der Waals surface area contributed by atoms with E-state index in [4.69, 9.17) is 19.5 Å². The molecule has 30 heavy (non-hydrogen) atoms. The van der Waals surface area contributed by atoms with E-state index in [1.165, 1.54) is 11.3 Å². The molecule has 6 nitrogen and oxygen atoms in total. The Balaban J connectivity index is 1.42. The van der Waals surface area contributed by atoms with Crippen molar-refractivity contribution in [2.24, 2.45) is 0 Å². The molecule has 0 aliphatic carbocycles. The number of carbonyl (C=O) groups excluding carboxylic acids is 1. The van der Waals surface area contributed by atoms with Gasteiger partial charge in [-0.2, -0.15) is 5.26 Å². The molecule has 1 amide bonds. The number of anilines is 1. The first-order valence-corrected chi connectivity index (χ1v) is 10.5. The highest BCUT2D eigenvalue weighted by Gasteiger charge is 2.15. The van der Waals surface area contributed by atoms with Gasteiger partial charge in [-0.3, -0.25) is 4.79 Å². The summed E-state index contributed by atoms with van der Waals surface area (Å²) in [4.78, 5) is 14.3. The van der Waals surface area contributed by atoms with Crippen molar-refractivity contribution >= 4 is 22.9 Å². The highest BCUT2D eigenvalue weighted by Crippen LogP contribution is 2.37. The van der Waals surface area contributed by atoms with Gasteiger partial charge in [0.2, 0.25) is 0 Å². The lowest BCUT2D eigenvalue weighted by Gasteiger charge is -2.18. The summed E-state index contributed by atoms with van der Waals surface area (Å²) < 4.78 is 16.8. The summed E-state index contributed by atoms with van der Waals surface area (Å²) in [5, 5.41) is 11.5. The Kier molecular flexibility index (Phi) is 6.16. The number of thiophene rings is 1. The van der Waals surface area contributed by atoms with Crippen LogP contribution in [0.3, 0.4) is 0 Å². The molecule has 0 saturated carbocycles.